The van der Waals surface area contributed by atoms with Crippen molar-refractivity contribution in [3.63, 3.8) is 0 Å². The van der Waals surface area contributed by atoms with E-state index in [1.54, 1.807) is 44.0 Å². The molecular weight excluding hydrogens is 444 g/mol. The molecule has 168 valence electrons. The normalized spacial score (nSPS) is 10.9. The minimum atomic E-state index is 0.582. The largest absolute Gasteiger partial charge is 0.493 e. The highest BCUT2D eigenvalue weighted by molar-refractivity contribution is 7.19. The Hall–Kier alpha value is -3.04. The van der Waals surface area contributed by atoms with Crippen LogP contribution in [-0.2, 0) is 19.5 Å². The van der Waals surface area contributed by atoms with Gasteiger partial charge in [0.15, 0.2) is 16.6 Å². The SMILES string of the molecule is COc1cc(CNc2nc(C)c(-c3ccn(CCc4cccs4)n3)s2)cc(OC)c1OC. The van der Waals surface area contributed by atoms with Crippen LogP contribution >= 0.6 is 22.7 Å². The van der Waals surface area contributed by atoms with E-state index in [4.69, 9.17) is 19.3 Å². The Balaban J connectivity index is 1.44. The Labute approximate surface area is 195 Å². The number of hydrogen-bond donors (Lipinski definition) is 1. The van der Waals surface area contributed by atoms with Crippen molar-refractivity contribution in [2.75, 3.05) is 26.6 Å². The smallest absolute Gasteiger partial charge is 0.203 e. The van der Waals surface area contributed by atoms with Gasteiger partial charge >= 0.3 is 0 Å². The van der Waals surface area contributed by atoms with Crippen molar-refractivity contribution in [3.05, 3.63) is 58.0 Å². The lowest BCUT2D eigenvalue weighted by atomic mass is 10.2. The van der Waals surface area contributed by atoms with Gasteiger partial charge in [0.05, 0.1) is 31.9 Å². The summed E-state index contributed by atoms with van der Waals surface area (Å²) >= 11 is 3.39. The average Bonchev–Trinajstić information content (AvgIpc) is 3.56. The van der Waals surface area contributed by atoms with Crippen LogP contribution in [0.5, 0.6) is 17.2 Å². The van der Waals surface area contributed by atoms with E-state index in [1.807, 2.05) is 29.9 Å². The number of anilines is 1. The van der Waals surface area contributed by atoms with E-state index in [0.717, 1.165) is 39.9 Å². The predicted octanol–water partition coefficient (Wildman–Crippen LogP) is 5.26. The van der Waals surface area contributed by atoms with Crippen molar-refractivity contribution in [1.82, 2.24) is 14.8 Å². The number of ether oxygens (including phenoxy) is 3. The van der Waals surface area contributed by atoms with Crippen molar-refractivity contribution in [3.8, 4) is 27.8 Å². The lowest BCUT2D eigenvalue weighted by molar-refractivity contribution is 0.324. The highest BCUT2D eigenvalue weighted by Gasteiger charge is 2.15. The first kappa shape index (κ1) is 22.2. The molecule has 0 aliphatic rings. The molecule has 1 N–H and O–H groups in total. The van der Waals surface area contributed by atoms with Gasteiger partial charge in [-0.15, -0.1) is 11.3 Å². The van der Waals surface area contributed by atoms with E-state index in [-0.39, 0.29) is 0 Å². The maximum absolute atomic E-state index is 5.44. The molecule has 0 amide bonds. The number of methoxy groups -OCH3 is 3. The van der Waals surface area contributed by atoms with Crippen LogP contribution in [-0.4, -0.2) is 36.1 Å². The Morgan fingerprint density at radius 1 is 1.06 bits per heavy atom. The second-order valence-electron chi connectivity index (χ2n) is 7.11. The van der Waals surface area contributed by atoms with Crippen LogP contribution in [0.2, 0.25) is 0 Å². The Morgan fingerprint density at radius 3 is 2.50 bits per heavy atom. The van der Waals surface area contributed by atoms with Gasteiger partial charge in [-0.25, -0.2) is 4.98 Å². The number of benzene rings is 1. The number of rotatable bonds is 10. The standard InChI is InChI=1S/C23H26N4O3S2/c1-15-22(18-8-10-27(26-18)9-7-17-6-5-11-31-17)32-23(25-15)24-14-16-12-19(28-2)21(30-4)20(13-16)29-3/h5-6,8,10-13H,7,9,14H2,1-4H3,(H,24,25). The van der Waals surface area contributed by atoms with Crippen molar-refractivity contribution < 1.29 is 14.2 Å². The van der Waals surface area contributed by atoms with Crippen molar-refractivity contribution >= 4 is 27.8 Å². The molecule has 3 heterocycles. The van der Waals surface area contributed by atoms with Gasteiger partial charge in [-0.2, -0.15) is 5.10 Å². The maximum Gasteiger partial charge on any atom is 0.203 e. The summed E-state index contributed by atoms with van der Waals surface area (Å²) in [6.07, 6.45) is 3.02. The lowest BCUT2D eigenvalue weighted by Gasteiger charge is -2.14. The van der Waals surface area contributed by atoms with E-state index in [1.165, 1.54) is 4.88 Å². The van der Waals surface area contributed by atoms with Gasteiger partial charge in [0.25, 0.3) is 0 Å². The lowest BCUT2D eigenvalue weighted by Crippen LogP contribution is -2.02. The number of aromatic nitrogens is 3. The maximum atomic E-state index is 5.44. The number of thiophene rings is 1. The van der Waals surface area contributed by atoms with Crippen molar-refractivity contribution in [2.45, 2.75) is 26.4 Å². The third kappa shape index (κ3) is 4.89. The predicted molar refractivity (Wildman–Crippen MR) is 130 cm³/mol. The number of nitrogens with zero attached hydrogens (tertiary/aromatic N) is 3. The van der Waals surface area contributed by atoms with Crippen LogP contribution in [0, 0.1) is 6.92 Å². The Bertz CT molecular complexity index is 1140. The third-order valence-corrected chi connectivity index (χ3v) is 7.08. The van der Waals surface area contributed by atoms with Gasteiger partial charge in [-0.1, -0.05) is 17.4 Å². The summed E-state index contributed by atoms with van der Waals surface area (Å²) in [6, 6.07) is 10.2. The quantitative estimate of drug-likeness (QED) is 0.341. The minimum absolute atomic E-state index is 0.582. The first-order chi connectivity index (χ1) is 15.6. The van der Waals surface area contributed by atoms with E-state index < -0.39 is 0 Å². The van der Waals surface area contributed by atoms with Gasteiger partial charge < -0.3 is 19.5 Å². The fourth-order valence-corrected chi connectivity index (χ4v) is 5.04. The number of hydrogen-bond acceptors (Lipinski definition) is 8. The molecule has 3 aromatic heterocycles. The summed E-state index contributed by atoms with van der Waals surface area (Å²) in [5.41, 5.74) is 2.92. The topological polar surface area (TPSA) is 70.4 Å². The van der Waals surface area contributed by atoms with Crippen LogP contribution in [0.1, 0.15) is 16.1 Å². The van der Waals surface area contributed by atoms with Crippen molar-refractivity contribution in [1.29, 1.82) is 0 Å². The van der Waals surface area contributed by atoms with Crippen molar-refractivity contribution in [2.24, 2.45) is 0 Å². The van der Waals surface area contributed by atoms with E-state index >= 15 is 0 Å². The number of thiazole rings is 1. The highest BCUT2D eigenvalue weighted by Crippen LogP contribution is 2.38. The van der Waals surface area contributed by atoms with Crippen LogP contribution in [0.3, 0.4) is 0 Å². The van der Waals surface area contributed by atoms with Gasteiger partial charge in [0, 0.05) is 30.6 Å². The Kier molecular flexibility index (Phi) is 6.96. The Morgan fingerprint density at radius 2 is 1.84 bits per heavy atom. The highest BCUT2D eigenvalue weighted by atomic mass is 32.1. The van der Waals surface area contributed by atoms with Gasteiger partial charge in [-0.05, 0) is 42.1 Å². The number of aryl methyl sites for hydroxylation is 3. The minimum Gasteiger partial charge on any atom is -0.493 e. The zero-order valence-electron chi connectivity index (χ0n) is 18.5. The molecular formula is C23H26N4O3S2. The molecule has 7 nitrogen and oxygen atoms in total. The van der Waals surface area contributed by atoms with Gasteiger partial charge in [0.1, 0.15) is 5.69 Å². The first-order valence-corrected chi connectivity index (χ1v) is 11.9. The molecule has 4 rings (SSSR count). The molecule has 1 aromatic carbocycles. The second-order valence-corrected chi connectivity index (χ2v) is 9.15. The zero-order chi connectivity index (χ0) is 22.5. The van der Waals surface area contributed by atoms with Crippen LogP contribution in [0.25, 0.3) is 10.6 Å². The summed E-state index contributed by atoms with van der Waals surface area (Å²) in [4.78, 5) is 7.14. The molecule has 4 aromatic rings. The summed E-state index contributed by atoms with van der Waals surface area (Å²) in [7, 11) is 4.83. The summed E-state index contributed by atoms with van der Waals surface area (Å²) in [5.74, 6) is 1.85. The molecule has 0 spiro atoms. The van der Waals surface area contributed by atoms with E-state index in [0.29, 0.717) is 23.8 Å². The molecule has 0 radical (unpaired) electrons. The van der Waals surface area contributed by atoms with E-state index in [2.05, 4.69) is 33.9 Å². The fraction of sp³-hybridized carbons (Fsp3) is 0.304. The molecule has 9 heteroatoms. The first-order valence-electron chi connectivity index (χ1n) is 10.2. The monoisotopic (exact) mass is 470 g/mol. The molecule has 0 atom stereocenters. The summed E-state index contributed by atoms with van der Waals surface area (Å²) in [5, 5.41) is 11.1. The molecule has 0 bridgehead atoms. The van der Waals surface area contributed by atoms with Gasteiger partial charge in [-0.3, -0.25) is 4.68 Å². The van der Waals surface area contributed by atoms with Crippen LogP contribution < -0.4 is 19.5 Å². The van der Waals surface area contributed by atoms with E-state index in [9.17, 15) is 0 Å². The molecule has 0 aliphatic heterocycles. The molecule has 0 fully saturated rings. The summed E-state index contributed by atoms with van der Waals surface area (Å²) < 4.78 is 18.3. The fourth-order valence-electron chi connectivity index (χ4n) is 3.41. The zero-order valence-corrected chi connectivity index (χ0v) is 20.2. The molecule has 0 saturated carbocycles. The summed E-state index contributed by atoms with van der Waals surface area (Å²) in [6.45, 7) is 3.46. The molecule has 0 aliphatic carbocycles. The second kappa shape index (κ2) is 10.1. The van der Waals surface area contributed by atoms with Gasteiger partial charge in [0.2, 0.25) is 5.75 Å². The third-order valence-electron chi connectivity index (χ3n) is 5.01. The molecule has 0 unspecified atom stereocenters. The average molecular weight is 471 g/mol. The van der Waals surface area contributed by atoms with Crippen LogP contribution in [0.15, 0.2) is 41.9 Å². The number of nitrogens with one attached hydrogen (secondary N) is 1. The van der Waals surface area contributed by atoms with Crippen LogP contribution in [0.4, 0.5) is 5.13 Å². The molecule has 32 heavy (non-hydrogen) atoms. The molecule has 0 saturated heterocycles.